The second-order valence-corrected chi connectivity index (χ2v) is 10.3. The lowest BCUT2D eigenvalue weighted by atomic mass is 10.1. The number of fused-ring (bicyclic) bond motifs is 1. The number of hydrogen-bond acceptors (Lipinski definition) is 7. The van der Waals surface area contributed by atoms with Crippen LogP contribution in [0.25, 0.3) is 20.8 Å². The lowest BCUT2D eigenvalue weighted by Gasteiger charge is -2.15. The summed E-state index contributed by atoms with van der Waals surface area (Å²) in [7, 11) is 0. The number of carbonyl (C=O) groups excluding carboxylic acids is 1. The third kappa shape index (κ3) is 5.67. The Hall–Kier alpha value is -2.93. The van der Waals surface area contributed by atoms with Gasteiger partial charge in [0.25, 0.3) is 5.91 Å². The van der Waals surface area contributed by atoms with Gasteiger partial charge in [0.1, 0.15) is 5.01 Å². The summed E-state index contributed by atoms with van der Waals surface area (Å²) in [6, 6.07) is 15.6. The van der Waals surface area contributed by atoms with Gasteiger partial charge >= 0.3 is 5.69 Å². The molecule has 0 saturated heterocycles. The maximum atomic E-state index is 12.8. The Bertz CT molecular complexity index is 1440. The number of hydrogen-bond donors (Lipinski definition) is 2. The van der Waals surface area contributed by atoms with Crippen molar-refractivity contribution in [3.63, 3.8) is 0 Å². The summed E-state index contributed by atoms with van der Waals surface area (Å²) in [6.07, 6.45) is 0. The molecule has 0 fully saturated rings. The minimum absolute atomic E-state index is 0.0249. The van der Waals surface area contributed by atoms with Gasteiger partial charge < -0.3 is 10.1 Å². The number of para-hydroxylation sites is 1. The Morgan fingerprint density at radius 1 is 1.20 bits per heavy atom. The Morgan fingerprint density at radius 3 is 2.69 bits per heavy atom. The molecule has 1 aromatic heterocycles. The molecule has 178 valence electrons. The molecular weight excluding hydrogens is 620 g/mol. The topological polar surface area (TPSA) is 106 Å². The maximum absolute atomic E-state index is 12.8. The highest BCUT2D eigenvalue weighted by Gasteiger charge is 2.20. The number of thiocarbonyl (C=S) groups is 1. The van der Waals surface area contributed by atoms with Crippen LogP contribution in [0.4, 0.5) is 11.4 Å². The molecule has 1 heterocycles. The number of ether oxygens (including phenoxy) is 1. The Labute approximate surface area is 226 Å². The molecule has 2 N–H and O–H groups in total. The first kappa shape index (κ1) is 25.2. The average molecular weight is 636 g/mol. The molecule has 4 rings (SSSR count). The summed E-state index contributed by atoms with van der Waals surface area (Å²) in [6.45, 7) is 1.98. The molecule has 0 atom stereocenters. The zero-order valence-corrected chi connectivity index (χ0v) is 22.8. The van der Waals surface area contributed by atoms with E-state index in [2.05, 4.69) is 42.5 Å². The van der Waals surface area contributed by atoms with E-state index in [0.29, 0.717) is 10.2 Å². The lowest BCUT2D eigenvalue weighted by molar-refractivity contribution is -0.385. The minimum atomic E-state index is -0.596. The summed E-state index contributed by atoms with van der Waals surface area (Å²) < 4.78 is 7.84. The van der Waals surface area contributed by atoms with Crippen molar-refractivity contribution in [1.82, 2.24) is 10.3 Å². The number of rotatable bonds is 6. The van der Waals surface area contributed by atoms with E-state index in [1.54, 1.807) is 6.92 Å². The molecule has 1 amide bonds. The van der Waals surface area contributed by atoms with E-state index < -0.39 is 10.8 Å². The minimum Gasteiger partial charge on any atom is -0.487 e. The van der Waals surface area contributed by atoms with Crippen LogP contribution in [-0.2, 0) is 0 Å². The molecule has 8 nitrogen and oxygen atoms in total. The summed E-state index contributed by atoms with van der Waals surface area (Å²) in [4.78, 5) is 28.3. The van der Waals surface area contributed by atoms with Crippen molar-refractivity contribution in [2.24, 2.45) is 0 Å². The number of thiazole rings is 1. The van der Waals surface area contributed by atoms with Crippen molar-refractivity contribution in [1.29, 1.82) is 0 Å². The van der Waals surface area contributed by atoms with Crippen molar-refractivity contribution in [3.05, 3.63) is 79.2 Å². The Kier molecular flexibility index (Phi) is 7.75. The van der Waals surface area contributed by atoms with E-state index in [1.807, 2.05) is 36.4 Å². The van der Waals surface area contributed by atoms with Crippen molar-refractivity contribution < 1.29 is 14.5 Å². The van der Waals surface area contributed by atoms with Crippen LogP contribution in [0, 0.1) is 10.1 Å². The average Bonchev–Trinajstić information content (AvgIpc) is 3.25. The zero-order chi connectivity index (χ0) is 25.1. The van der Waals surface area contributed by atoms with Crippen LogP contribution in [0.1, 0.15) is 17.3 Å². The highest BCUT2D eigenvalue weighted by atomic mass is 79.9. The number of amides is 1. The summed E-state index contributed by atoms with van der Waals surface area (Å²) in [5.41, 5.74) is 2.05. The Morgan fingerprint density at radius 2 is 1.97 bits per heavy atom. The number of aromatic nitrogens is 1. The second-order valence-electron chi connectivity index (χ2n) is 7.08. The molecule has 0 aliphatic heterocycles. The van der Waals surface area contributed by atoms with E-state index in [-0.39, 0.29) is 28.7 Å². The van der Waals surface area contributed by atoms with Crippen LogP contribution < -0.4 is 15.4 Å². The number of anilines is 1. The standard InChI is InChI=1S/C23H16Br2N4O4S2/c1-2-33-18-8-7-12(9-17(18)29(31)32)21(30)28-23(34)27-20-14(10-13(24)11-15(20)25)22-26-16-5-3-4-6-19(16)35-22/h3-11H,2H2,1H3,(H2,27,28,30,34). The number of benzene rings is 3. The molecule has 0 aliphatic carbocycles. The van der Waals surface area contributed by atoms with Gasteiger partial charge in [-0.05, 0) is 71.5 Å². The van der Waals surface area contributed by atoms with Crippen LogP contribution in [0.2, 0.25) is 0 Å². The first-order chi connectivity index (χ1) is 16.8. The van der Waals surface area contributed by atoms with Crippen molar-refractivity contribution in [3.8, 4) is 16.3 Å². The van der Waals surface area contributed by atoms with Crippen molar-refractivity contribution in [2.45, 2.75) is 6.92 Å². The van der Waals surface area contributed by atoms with Crippen LogP contribution in [0.5, 0.6) is 5.75 Å². The summed E-state index contributed by atoms with van der Waals surface area (Å²) in [5, 5.41) is 17.8. The van der Waals surface area contributed by atoms with Gasteiger partial charge in [0.15, 0.2) is 10.9 Å². The van der Waals surface area contributed by atoms with Crippen LogP contribution in [-0.4, -0.2) is 27.5 Å². The van der Waals surface area contributed by atoms with Gasteiger partial charge in [0.2, 0.25) is 0 Å². The molecule has 3 aromatic carbocycles. The number of nitrogens with one attached hydrogen (secondary N) is 2. The first-order valence-electron chi connectivity index (χ1n) is 10.2. The molecule has 0 aliphatic rings. The quantitative estimate of drug-likeness (QED) is 0.135. The number of carbonyl (C=O) groups is 1. The smallest absolute Gasteiger partial charge is 0.311 e. The lowest BCUT2D eigenvalue weighted by Crippen LogP contribution is -2.34. The molecule has 35 heavy (non-hydrogen) atoms. The second kappa shape index (κ2) is 10.8. The van der Waals surface area contributed by atoms with E-state index >= 15 is 0 Å². The fourth-order valence-electron chi connectivity index (χ4n) is 3.26. The molecule has 0 spiro atoms. The molecule has 0 saturated carbocycles. The van der Waals surface area contributed by atoms with Gasteiger partial charge in [-0.1, -0.05) is 28.1 Å². The third-order valence-corrected chi connectivity index (χ3v) is 7.12. The van der Waals surface area contributed by atoms with Crippen molar-refractivity contribution in [2.75, 3.05) is 11.9 Å². The molecule has 0 bridgehead atoms. The van der Waals surface area contributed by atoms with Crippen LogP contribution in [0.15, 0.2) is 63.5 Å². The molecule has 4 aromatic rings. The van der Waals surface area contributed by atoms with Gasteiger partial charge in [0, 0.05) is 26.1 Å². The molecular formula is C23H16Br2N4O4S2. The number of halogens is 2. The third-order valence-electron chi connectivity index (χ3n) is 4.76. The maximum Gasteiger partial charge on any atom is 0.311 e. The summed E-state index contributed by atoms with van der Waals surface area (Å²) >= 11 is 14.0. The number of nitro groups is 1. The van der Waals surface area contributed by atoms with Gasteiger partial charge in [-0.15, -0.1) is 11.3 Å². The van der Waals surface area contributed by atoms with E-state index in [4.69, 9.17) is 21.9 Å². The first-order valence-corrected chi connectivity index (χ1v) is 13.0. The fourth-order valence-corrected chi connectivity index (χ4v) is 5.76. The predicted octanol–water partition coefficient (Wildman–Crippen LogP) is 6.92. The van der Waals surface area contributed by atoms with Crippen LogP contribution >= 0.6 is 55.4 Å². The monoisotopic (exact) mass is 634 g/mol. The van der Waals surface area contributed by atoms with Gasteiger partial charge in [0.05, 0.1) is 27.4 Å². The molecule has 0 radical (unpaired) electrons. The zero-order valence-electron chi connectivity index (χ0n) is 18.0. The normalized spacial score (nSPS) is 10.7. The van der Waals surface area contributed by atoms with Crippen molar-refractivity contribution >= 4 is 88.0 Å². The molecule has 0 unspecified atom stereocenters. The number of nitrogens with zero attached hydrogens (tertiary/aromatic N) is 2. The largest absolute Gasteiger partial charge is 0.487 e. The van der Waals surface area contributed by atoms with E-state index in [9.17, 15) is 14.9 Å². The Balaban J connectivity index is 1.59. The van der Waals surface area contributed by atoms with Crippen LogP contribution in [0.3, 0.4) is 0 Å². The van der Waals surface area contributed by atoms with Gasteiger partial charge in [-0.25, -0.2) is 4.98 Å². The SMILES string of the molecule is CCOc1ccc(C(=O)NC(=S)Nc2c(Br)cc(Br)cc2-c2nc3ccccc3s2)cc1[N+](=O)[O-]. The molecule has 12 heteroatoms. The fraction of sp³-hybridized carbons (Fsp3) is 0.0870. The van der Waals surface area contributed by atoms with E-state index in [1.165, 1.54) is 23.5 Å². The van der Waals surface area contributed by atoms with Gasteiger partial charge in [-0.2, -0.15) is 0 Å². The number of nitro benzene ring substituents is 1. The van der Waals surface area contributed by atoms with E-state index in [0.717, 1.165) is 31.3 Å². The van der Waals surface area contributed by atoms with Gasteiger partial charge in [-0.3, -0.25) is 20.2 Å². The highest BCUT2D eigenvalue weighted by molar-refractivity contribution is 9.11. The predicted molar refractivity (Wildman–Crippen MR) is 148 cm³/mol. The highest BCUT2D eigenvalue weighted by Crippen LogP contribution is 2.40. The summed E-state index contributed by atoms with van der Waals surface area (Å²) in [5.74, 6) is -0.502.